The van der Waals surface area contributed by atoms with E-state index in [1.807, 2.05) is 6.07 Å². The molecule has 18 heavy (non-hydrogen) atoms. The molecule has 104 valence electrons. The highest BCUT2D eigenvalue weighted by atomic mass is 19.5. The lowest BCUT2D eigenvalue weighted by Crippen LogP contribution is -2.35. The zero-order chi connectivity index (χ0) is 14.2. The van der Waals surface area contributed by atoms with Gasteiger partial charge < -0.3 is 22.0 Å². The summed E-state index contributed by atoms with van der Waals surface area (Å²) in [6.45, 7) is 8.15. The molecule has 7 heteroatoms. The quantitative estimate of drug-likeness (QED) is 0.463. The molecule has 0 saturated carbocycles. The Kier molecular flexibility index (Phi) is 7.39. The first-order chi connectivity index (χ1) is 8.27. The summed E-state index contributed by atoms with van der Waals surface area (Å²) in [6.07, 6.45) is 3.12. The molecule has 1 rings (SSSR count). The zero-order valence-electron chi connectivity index (χ0n) is 10.8. The number of aromatic nitrogens is 1. The monoisotopic (exact) mass is 267 g/mol. The van der Waals surface area contributed by atoms with Crippen LogP contribution in [0.25, 0.3) is 0 Å². The number of ether oxygens (including phenoxy) is 1. The van der Waals surface area contributed by atoms with Crippen LogP contribution < -0.4 is 9.30 Å². The van der Waals surface area contributed by atoms with Crippen LogP contribution in [-0.2, 0) is 6.54 Å². The van der Waals surface area contributed by atoms with Crippen molar-refractivity contribution in [3.05, 3.63) is 24.0 Å². The Balaban J connectivity index is 0.000000494. The van der Waals surface area contributed by atoms with E-state index in [1.54, 1.807) is 0 Å². The third kappa shape index (κ3) is 8.84. The zero-order valence-corrected chi connectivity index (χ0v) is 10.8. The summed E-state index contributed by atoms with van der Waals surface area (Å²) in [5, 5.41) is 0. The van der Waals surface area contributed by atoms with Gasteiger partial charge in [-0.1, -0.05) is 6.92 Å². The Morgan fingerprint density at radius 3 is 2.17 bits per heavy atom. The minimum atomic E-state index is -6.00. The number of rotatable bonds is 4. The lowest BCUT2D eigenvalue weighted by molar-refractivity contribution is -0.699. The summed E-state index contributed by atoms with van der Waals surface area (Å²) in [5.41, 5.74) is 1.27. The number of pyridine rings is 1. The van der Waals surface area contributed by atoms with Crippen LogP contribution in [0.2, 0.25) is 0 Å². The lowest BCUT2D eigenvalue weighted by atomic mass is 10.3. The average molecular weight is 267 g/mol. The fourth-order valence-electron chi connectivity index (χ4n) is 1.24. The Hall–Kier alpha value is -1.27. The van der Waals surface area contributed by atoms with Crippen molar-refractivity contribution in [2.24, 2.45) is 0 Å². The van der Waals surface area contributed by atoms with E-state index in [-0.39, 0.29) is 0 Å². The van der Waals surface area contributed by atoms with E-state index in [9.17, 15) is 17.3 Å². The summed E-state index contributed by atoms with van der Waals surface area (Å²) in [7, 11) is -6.00. The van der Waals surface area contributed by atoms with Crippen molar-refractivity contribution in [3.63, 3.8) is 0 Å². The molecule has 0 aromatic carbocycles. The van der Waals surface area contributed by atoms with Crippen LogP contribution >= 0.6 is 0 Å². The minimum absolute atomic E-state index is 0.798. The molecule has 0 N–H and O–H groups in total. The normalized spacial score (nSPS) is 10.6. The molecular weight excluding hydrogens is 249 g/mol. The fraction of sp³-hybridized carbons (Fsp3) is 0.545. The summed E-state index contributed by atoms with van der Waals surface area (Å²) in [4.78, 5) is 0. The van der Waals surface area contributed by atoms with Crippen molar-refractivity contribution in [2.45, 2.75) is 33.7 Å². The molecule has 0 atom stereocenters. The van der Waals surface area contributed by atoms with Crippen molar-refractivity contribution < 1.29 is 26.6 Å². The van der Waals surface area contributed by atoms with Gasteiger partial charge in [-0.25, -0.2) is 0 Å². The first-order valence-corrected chi connectivity index (χ1v) is 5.78. The van der Waals surface area contributed by atoms with Gasteiger partial charge in [0.15, 0.2) is 11.4 Å². The van der Waals surface area contributed by atoms with E-state index in [0.717, 1.165) is 25.3 Å². The van der Waals surface area contributed by atoms with Crippen LogP contribution in [0.3, 0.4) is 0 Å². The second kappa shape index (κ2) is 7.95. The van der Waals surface area contributed by atoms with E-state index in [4.69, 9.17) is 4.74 Å². The SMILES string of the molecule is CCCOc1ccc(C)[n+](CC)c1.F[B-](F)(F)F. The Morgan fingerprint density at radius 1 is 1.17 bits per heavy atom. The van der Waals surface area contributed by atoms with Gasteiger partial charge >= 0.3 is 7.25 Å². The van der Waals surface area contributed by atoms with Crippen LogP contribution in [-0.4, -0.2) is 13.9 Å². The highest BCUT2D eigenvalue weighted by Crippen LogP contribution is 2.07. The molecule has 0 aliphatic carbocycles. The van der Waals surface area contributed by atoms with Crippen molar-refractivity contribution in [1.82, 2.24) is 0 Å². The van der Waals surface area contributed by atoms with Gasteiger partial charge in [-0.15, -0.1) is 0 Å². The Labute approximate surface area is 105 Å². The molecule has 0 radical (unpaired) electrons. The molecule has 0 bridgehead atoms. The van der Waals surface area contributed by atoms with Gasteiger partial charge in [0.2, 0.25) is 6.20 Å². The van der Waals surface area contributed by atoms with Gasteiger partial charge in [0.1, 0.15) is 6.54 Å². The van der Waals surface area contributed by atoms with E-state index >= 15 is 0 Å². The third-order valence-corrected chi connectivity index (χ3v) is 2.04. The van der Waals surface area contributed by atoms with Gasteiger partial charge in [0, 0.05) is 13.0 Å². The molecule has 0 amide bonds. The van der Waals surface area contributed by atoms with Gasteiger partial charge in [0.05, 0.1) is 6.61 Å². The lowest BCUT2D eigenvalue weighted by Gasteiger charge is -2.03. The smallest absolute Gasteiger partial charge is 0.487 e. The van der Waals surface area contributed by atoms with Crippen molar-refractivity contribution in [3.8, 4) is 5.75 Å². The van der Waals surface area contributed by atoms with Crippen LogP contribution in [0, 0.1) is 6.92 Å². The van der Waals surface area contributed by atoms with Crippen molar-refractivity contribution in [1.29, 1.82) is 0 Å². The standard InChI is InChI=1S/C11H18NO.BF4/c1-4-8-13-11-7-6-10(3)12(5-2)9-11;2-1(3,4)5/h6-7,9H,4-5,8H2,1-3H3;/q+1;-1. The second-order valence-corrected chi connectivity index (χ2v) is 3.64. The molecule has 0 aliphatic rings. The first kappa shape index (κ1) is 16.7. The van der Waals surface area contributed by atoms with Gasteiger partial charge in [-0.3, -0.25) is 0 Å². The van der Waals surface area contributed by atoms with E-state index < -0.39 is 7.25 Å². The molecule has 2 nitrogen and oxygen atoms in total. The number of halogens is 4. The first-order valence-electron chi connectivity index (χ1n) is 5.78. The molecule has 1 aromatic rings. The van der Waals surface area contributed by atoms with Gasteiger partial charge in [-0.2, -0.15) is 4.57 Å². The van der Waals surface area contributed by atoms with E-state index in [1.165, 1.54) is 5.69 Å². The Morgan fingerprint density at radius 2 is 1.72 bits per heavy atom. The summed E-state index contributed by atoms with van der Waals surface area (Å²) < 4.78 is 46.7. The number of hydrogen-bond acceptors (Lipinski definition) is 1. The van der Waals surface area contributed by atoms with Crippen molar-refractivity contribution >= 4 is 7.25 Å². The van der Waals surface area contributed by atoms with Crippen LogP contribution in [0.4, 0.5) is 17.3 Å². The maximum absolute atomic E-state index is 9.75. The molecule has 0 spiro atoms. The highest BCUT2D eigenvalue weighted by Gasteiger charge is 2.20. The summed E-state index contributed by atoms with van der Waals surface area (Å²) in [5.74, 6) is 0.967. The largest absolute Gasteiger partial charge is 0.673 e. The molecule has 0 aliphatic heterocycles. The van der Waals surface area contributed by atoms with E-state index in [0.29, 0.717) is 0 Å². The Bertz CT molecular complexity index is 351. The molecular formula is C11H18BF4NO. The summed E-state index contributed by atoms with van der Waals surface area (Å²) in [6, 6.07) is 4.12. The molecule has 1 heterocycles. The fourth-order valence-corrected chi connectivity index (χ4v) is 1.24. The predicted octanol–water partition coefficient (Wildman–Crippen LogP) is 3.39. The maximum Gasteiger partial charge on any atom is 0.673 e. The number of nitrogens with zero attached hydrogens (tertiary/aromatic N) is 1. The molecule has 0 saturated heterocycles. The van der Waals surface area contributed by atoms with Crippen LogP contribution in [0.15, 0.2) is 18.3 Å². The maximum atomic E-state index is 9.75. The second-order valence-electron chi connectivity index (χ2n) is 3.64. The van der Waals surface area contributed by atoms with E-state index in [2.05, 4.69) is 37.6 Å². The minimum Gasteiger partial charge on any atom is -0.487 e. The molecule has 0 unspecified atom stereocenters. The predicted molar refractivity (Wildman–Crippen MR) is 63.0 cm³/mol. The average Bonchev–Trinajstić information content (AvgIpc) is 2.26. The molecule has 1 aromatic heterocycles. The summed E-state index contributed by atoms with van der Waals surface area (Å²) >= 11 is 0. The number of hydrogen-bond donors (Lipinski definition) is 0. The highest BCUT2D eigenvalue weighted by molar-refractivity contribution is 6.50. The molecule has 0 fully saturated rings. The van der Waals surface area contributed by atoms with Crippen LogP contribution in [0.1, 0.15) is 26.0 Å². The van der Waals surface area contributed by atoms with Gasteiger partial charge in [-0.05, 0) is 19.4 Å². The number of aryl methyl sites for hydroxylation is 2. The van der Waals surface area contributed by atoms with Crippen molar-refractivity contribution in [2.75, 3.05) is 6.61 Å². The van der Waals surface area contributed by atoms with Crippen LogP contribution in [0.5, 0.6) is 5.75 Å². The van der Waals surface area contributed by atoms with Gasteiger partial charge in [0.25, 0.3) is 0 Å². The third-order valence-electron chi connectivity index (χ3n) is 2.04. The topological polar surface area (TPSA) is 13.1 Å².